The minimum atomic E-state index is -4.13. The first kappa shape index (κ1) is 22.0. The van der Waals surface area contributed by atoms with Crippen molar-refractivity contribution in [2.45, 2.75) is 37.8 Å². The number of nitrogens with one attached hydrogen (secondary N) is 1. The average Bonchev–Trinajstić information content (AvgIpc) is 3.14. The molecule has 0 atom stereocenters. The molecule has 4 rings (SSSR count). The van der Waals surface area contributed by atoms with Gasteiger partial charge in [-0.3, -0.25) is 9.71 Å². The van der Waals surface area contributed by atoms with Gasteiger partial charge in [-0.25, -0.2) is 17.2 Å². The van der Waals surface area contributed by atoms with Crippen LogP contribution in [0.1, 0.15) is 31.9 Å². The molecule has 0 aliphatic rings. The van der Waals surface area contributed by atoms with Crippen LogP contribution in [0.3, 0.4) is 0 Å². The fourth-order valence-electron chi connectivity index (χ4n) is 3.63. The second-order valence-corrected chi connectivity index (χ2v) is 10.3. The van der Waals surface area contributed by atoms with Gasteiger partial charge in [-0.05, 0) is 53.4 Å². The monoisotopic (exact) mass is 455 g/mol. The maximum Gasteiger partial charge on any atom is 0.263 e. The Labute approximate surface area is 185 Å². The lowest BCUT2D eigenvalue weighted by atomic mass is 9.87. The lowest BCUT2D eigenvalue weighted by molar-refractivity contribution is 0.485. The molecular formula is C24H23F2N3O2S. The maximum absolute atomic E-state index is 14.6. The highest BCUT2D eigenvalue weighted by molar-refractivity contribution is 7.92. The third kappa shape index (κ3) is 4.10. The number of hydrogen-bond donors (Lipinski definition) is 1. The second-order valence-electron chi connectivity index (χ2n) is 8.58. The number of fused-ring (bicyclic) bond motifs is 1. The van der Waals surface area contributed by atoms with Crippen LogP contribution in [0.25, 0.3) is 16.6 Å². The number of rotatable bonds is 5. The van der Waals surface area contributed by atoms with Gasteiger partial charge >= 0.3 is 0 Å². The summed E-state index contributed by atoms with van der Waals surface area (Å²) in [5.74, 6) is -0.449. The van der Waals surface area contributed by atoms with Crippen molar-refractivity contribution in [2.75, 3.05) is 4.72 Å². The number of anilines is 1. The number of halogens is 2. The molecule has 0 aliphatic heterocycles. The third-order valence-electron chi connectivity index (χ3n) is 5.21. The molecule has 2 aromatic heterocycles. The predicted molar refractivity (Wildman–Crippen MR) is 122 cm³/mol. The van der Waals surface area contributed by atoms with Crippen molar-refractivity contribution in [2.24, 2.45) is 0 Å². The van der Waals surface area contributed by atoms with E-state index < -0.39 is 27.9 Å². The smallest absolute Gasteiger partial charge is 0.263 e. The molecule has 0 saturated carbocycles. The molecule has 2 aromatic carbocycles. The van der Waals surface area contributed by atoms with Gasteiger partial charge in [0, 0.05) is 23.3 Å². The van der Waals surface area contributed by atoms with Gasteiger partial charge in [0.2, 0.25) is 0 Å². The average molecular weight is 456 g/mol. The zero-order valence-corrected chi connectivity index (χ0v) is 18.7. The summed E-state index contributed by atoms with van der Waals surface area (Å²) >= 11 is 0. The molecule has 0 bridgehead atoms. The minimum absolute atomic E-state index is 0.148. The maximum atomic E-state index is 14.6. The Morgan fingerprint density at radius 3 is 2.53 bits per heavy atom. The number of hydrogen-bond acceptors (Lipinski definition) is 3. The third-order valence-corrected chi connectivity index (χ3v) is 6.56. The van der Waals surface area contributed by atoms with Crippen molar-refractivity contribution in [1.29, 1.82) is 0 Å². The van der Waals surface area contributed by atoms with Gasteiger partial charge in [-0.15, -0.1) is 0 Å². The molecule has 0 amide bonds. The first-order valence-electron chi connectivity index (χ1n) is 10.0. The predicted octanol–water partition coefficient (Wildman–Crippen LogP) is 5.73. The van der Waals surface area contributed by atoms with Gasteiger partial charge in [-0.2, -0.15) is 0 Å². The fourth-order valence-corrected chi connectivity index (χ4v) is 4.69. The van der Waals surface area contributed by atoms with Crippen LogP contribution in [0, 0.1) is 5.82 Å². The largest absolute Gasteiger partial charge is 0.302 e. The zero-order chi connectivity index (χ0) is 23.1. The minimum Gasteiger partial charge on any atom is -0.302 e. The Bertz CT molecular complexity index is 1400. The van der Waals surface area contributed by atoms with E-state index in [1.807, 2.05) is 32.9 Å². The van der Waals surface area contributed by atoms with Gasteiger partial charge in [0.15, 0.2) is 0 Å². The zero-order valence-electron chi connectivity index (χ0n) is 17.9. The summed E-state index contributed by atoms with van der Waals surface area (Å²) in [5, 5.41) is 0.775. The van der Waals surface area contributed by atoms with Gasteiger partial charge in [0.25, 0.3) is 10.0 Å². The van der Waals surface area contributed by atoms with Crippen LogP contribution in [0.2, 0.25) is 0 Å². The Morgan fingerprint density at radius 2 is 1.84 bits per heavy atom. The normalized spacial score (nSPS) is 12.3. The molecule has 5 nitrogen and oxygen atoms in total. The van der Waals surface area contributed by atoms with Crippen LogP contribution in [0.5, 0.6) is 0 Å². The van der Waals surface area contributed by atoms with E-state index in [1.54, 1.807) is 29.0 Å². The molecule has 32 heavy (non-hydrogen) atoms. The Morgan fingerprint density at radius 1 is 1.06 bits per heavy atom. The number of benzene rings is 2. The van der Waals surface area contributed by atoms with Crippen LogP contribution in [0.15, 0.2) is 71.9 Å². The molecule has 2 heterocycles. The molecule has 166 valence electrons. The lowest BCUT2D eigenvalue weighted by Crippen LogP contribution is -2.18. The Balaban J connectivity index is 1.78. The second kappa shape index (κ2) is 8.02. The van der Waals surface area contributed by atoms with Gasteiger partial charge in [0.1, 0.15) is 18.3 Å². The van der Waals surface area contributed by atoms with E-state index in [0.29, 0.717) is 22.3 Å². The highest BCUT2D eigenvalue weighted by Crippen LogP contribution is 2.30. The first-order valence-corrected chi connectivity index (χ1v) is 11.5. The van der Waals surface area contributed by atoms with E-state index in [4.69, 9.17) is 0 Å². The van der Waals surface area contributed by atoms with Crippen LogP contribution in [0.4, 0.5) is 14.6 Å². The SMILES string of the molecule is CC(C)(C)c1ccc(S(=O)(=O)Nc2cc(CF)cn2-c2cccc3ncccc23)cc1F. The highest BCUT2D eigenvalue weighted by atomic mass is 32.2. The van der Waals surface area contributed by atoms with E-state index >= 15 is 0 Å². The van der Waals surface area contributed by atoms with E-state index in [2.05, 4.69) is 9.71 Å². The van der Waals surface area contributed by atoms with Gasteiger partial charge in [0.05, 0.1) is 16.1 Å². The van der Waals surface area contributed by atoms with Crippen molar-refractivity contribution in [3.63, 3.8) is 0 Å². The highest BCUT2D eigenvalue weighted by Gasteiger charge is 2.23. The lowest BCUT2D eigenvalue weighted by Gasteiger charge is -2.20. The van der Waals surface area contributed by atoms with E-state index in [-0.39, 0.29) is 10.7 Å². The fraction of sp³-hybridized carbons (Fsp3) is 0.208. The summed E-state index contributed by atoms with van der Waals surface area (Å²) in [4.78, 5) is 4.11. The molecule has 8 heteroatoms. The summed E-state index contributed by atoms with van der Waals surface area (Å²) in [6.07, 6.45) is 3.19. The molecular weight excluding hydrogens is 432 g/mol. The Hall–Kier alpha value is -3.26. The van der Waals surface area contributed by atoms with Gasteiger partial charge < -0.3 is 4.57 Å². The molecule has 0 radical (unpaired) electrons. The summed E-state index contributed by atoms with van der Waals surface area (Å²) in [6.45, 7) is 4.78. The van der Waals surface area contributed by atoms with Crippen LogP contribution in [-0.2, 0) is 22.1 Å². The van der Waals surface area contributed by atoms with Crippen LogP contribution < -0.4 is 4.72 Å². The van der Waals surface area contributed by atoms with Crippen molar-refractivity contribution >= 4 is 26.7 Å². The van der Waals surface area contributed by atoms with Gasteiger partial charge in [-0.1, -0.05) is 32.9 Å². The molecule has 0 saturated heterocycles. The number of alkyl halides is 1. The van der Waals surface area contributed by atoms with Crippen molar-refractivity contribution in [3.8, 4) is 5.69 Å². The van der Waals surface area contributed by atoms with Crippen LogP contribution >= 0.6 is 0 Å². The molecule has 1 N–H and O–H groups in total. The topological polar surface area (TPSA) is 64.0 Å². The number of sulfonamides is 1. The summed E-state index contributed by atoms with van der Waals surface area (Å²) in [6, 6.07) is 14.3. The van der Waals surface area contributed by atoms with Crippen molar-refractivity contribution < 1.29 is 17.2 Å². The molecule has 0 fully saturated rings. The molecule has 0 unspecified atom stereocenters. The van der Waals surface area contributed by atoms with Crippen molar-refractivity contribution in [3.05, 3.63) is 83.9 Å². The molecule has 0 spiro atoms. The van der Waals surface area contributed by atoms with E-state index in [9.17, 15) is 17.2 Å². The molecule has 4 aromatic rings. The molecule has 0 aliphatic carbocycles. The van der Waals surface area contributed by atoms with Crippen LogP contribution in [-0.4, -0.2) is 18.0 Å². The van der Waals surface area contributed by atoms with E-state index in [1.165, 1.54) is 24.4 Å². The summed E-state index contributed by atoms with van der Waals surface area (Å²) in [7, 11) is -4.13. The summed E-state index contributed by atoms with van der Waals surface area (Å²) < 4.78 is 58.3. The number of aromatic nitrogens is 2. The van der Waals surface area contributed by atoms with Crippen molar-refractivity contribution in [1.82, 2.24) is 9.55 Å². The standard InChI is InChI=1S/C24H23F2N3O2S/c1-24(2,3)19-10-9-17(13-20(19)26)32(30,31)28-23-12-16(14-25)15-29(23)22-8-4-7-21-18(22)6-5-11-27-21/h4-13,15,28H,14H2,1-3H3. The van der Waals surface area contributed by atoms with E-state index in [0.717, 1.165) is 11.5 Å². The number of pyridine rings is 1. The summed E-state index contributed by atoms with van der Waals surface area (Å²) in [5.41, 5.74) is 1.62. The number of nitrogens with zero attached hydrogens (tertiary/aromatic N) is 2. The Kier molecular flexibility index (Phi) is 5.50. The first-order chi connectivity index (χ1) is 15.1. The quantitative estimate of drug-likeness (QED) is 0.418.